The Labute approximate surface area is 180 Å². The molecule has 0 spiro atoms. The number of nitro groups is 1. The molecule has 0 aromatic heterocycles. The Morgan fingerprint density at radius 1 is 1.10 bits per heavy atom. The highest BCUT2D eigenvalue weighted by molar-refractivity contribution is 7.89. The summed E-state index contributed by atoms with van der Waals surface area (Å²) in [5.41, 5.74) is 0.237. The first-order chi connectivity index (χ1) is 14.6. The molecule has 1 N–H and O–H groups in total. The number of benzene rings is 2. The van der Waals surface area contributed by atoms with Crippen molar-refractivity contribution in [1.82, 2.24) is 4.31 Å². The number of nitro benzene ring substituents is 1. The number of ether oxygens (including phenoxy) is 1. The van der Waals surface area contributed by atoms with E-state index in [9.17, 15) is 28.1 Å². The summed E-state index contributed by atoms with van der Waals surface area (Å²) in [6.07, 6.45) is 0. The molecule has 0 saturated carbocycles. The molecule has 0 aliphatic rings. The van der Waals surface area contributed by atoms with Crippen molar-refractivity contribution < 1.29 is 27.7 Å². The number of nitrogens with one attached hydrogen (secondary N) is 1. The van der Waals surface area contributed by atoms with Crippen LogP contribution in [-0.4, -0.2) is 49.2 Å². The second-order valence-electron chi connectivity index (χ2n) is 6.44. The summed E-state index contributed by atoms with van der Waals surface area (Å²) in [5.74, 6) is -1.51. The number of carbonyl (C=O) groups excluding carboxylic acids is 2. The number of sulfonamides is 1. The lowest BCUT2D eigenvalue weighted by atomic mass is 10.1. The molecule has 0 saturated heterocycles. The largest absolute Gasteiger partial charge is 0.452 e. The molecule has 0 radical (unpaired) electrons. The molecule has 2 aromatic carbocycles. The van der Waals surface area contributed by atoms with Crippen LogP contribution in [0, 0.1) is 17.0 Å². The van der Waals surface area contributed by atoms with E-state index in [1.165, 1.54) is 53.7 Å². The van der Waals surface area contributed by atoms with Gasteiger partial charge in [0.05, 0.1) is 15.4 Å². The first kappa shape index (κ1) is 24.0. The van der Waals surface area contributed by atoms with E-state index >= 15 is 0 Å². The van der Waals surface area contributed by atoms with Gasteiger partial charge in [-0.3, -0.25) is 14.9 Å². The maximum atomic E-state index is 12.5. The predicted octanol–water partition coefficient (Wildman–Crippen LogP) is 2.73. The van der Waals surface area contributed by atoms with Crippen molar-refractivity contribution in [3.63, 3.8) is 0 Å². The van der Waals surface area contributed by atoms with Gasteiger partial charge in [0.25, 0.3) is 11.6 Å². The van der Waals surface area contributed by atoms with Gasteiger partial charge in [-0.25, -0.2) is 13.2 Å². The van der Waals surface area contributed by atoms with Crippen LogP contribution in [-0.2, 0) is 19.6 Å². The van der Waals surface area contributed by atoms with Crippen molar-refractivity contribution in [3.05, 3.63) is 63.7 Å². The summed E-state index contributed by atoms with van der Waals surface area (Å²) in [5, 5.41) is 13.5. The molecule has 11 heteroatoms. The molecule has 166 valence electrons. The number of hydrogen-bond acceptors (Lipinski definition) is 7. The zero-order chi connectivity index (χ0) is 23.2. The smallest absolute Gasteiger partial charge is 0.339 e. The zero-order valence-corrected chi connectivity index (χ0v) is 18.1. The van der Waals surface area contributed by atoms with Crippen LogP contribution in [0.25, 0.3) is 0 Å². The fourth-order valence-electron chi connectivity index (χ4n) is 2.87. The normalized spacial score (nSPS) is 11.2. The molecule has 0 unspecified atom stereocenters. The van der Waals surface area contributed by atoms with Crippen molar-refractivity contribution in [3.8, 4) is 0 Å². The summed E-state index contributed by atoms with van der Waals surface area (Å²) in [6.45, 7) is 4.97. The molecule has 10 nitrogen and oxygen atoms in total. The van der Waals surface area contributed by atoms with E-state index in [2.05, 4.69) is 5.32 Å². The van der Waals surface area contributed by atoms with Gasteiger partial charge >= 0.3 is 5.97 Å². The SMILES string of the molecule is CCN(CC)S(=O)(=O)c1ccc(NC(=O)COC(=O)c2cccc([N+](=O)[O-])c2C)cc1. The molecule has 1 amide bonds. The fourth-order valence-corrected chi connectivity index (χ4v) is 4.33. The van der Waals surface area contributed by atoms with E-state index < -0.39 is 33.4 Å². The second kappa shape index (κ2) is 10.1. The molecule has 0 fully saturated rings. The van der Waals surface area contributed by atoms with E-state index in [1.807, 2.05) is 0 Å². The lowest BCUT2D eigenvalue weighted by molar-refractivity contribution is -0.385. The fraction of sp³-hybridized carbons (Fsp3) is 0.300. The lowest BCUT2D eigenvalue weighted by Crippen LogP contribution is -2.30. The van der Waals surface area contributed by atoms with E-state index in [0.29, 0.717) is 18.8 Å². The summed E-state index contributed by atoms with van der Waals surface area (Å²) in [4.78, 5) is 34.7. The van der Waals surface area contributed by atoms with Crippen LogP contribution in [0.4, 0.5) is 11.4 Å². The summed E-state index contributed by atoms with van der Waals surface area (Å²) in [7, 11) is -3.61. The van der Waals surface area contributed by atoms with Gasteiger partial charge in [-0.15, -0.1) is 0 Å². The number of esters is 1. The highest BCUT2D eigenvalue weighted by Gasteiger charge is 2.22. The van der Waals surface area contributed by atoms with Crippen LogP contribution in [0.15, 0.2) is 47.4 Å². The van der Waals surface area contributed by atoms with Gasteiger partial charge in [-0.1, -0.05) is 19.9 Å². The Hall–Kier alpha value is -3.31. The van der Waals surface area contributed by atoms with Gasteiger partial charge in [0.1, 0.15) is 0 Å². The standard InChI is InChI=1S/C20H23N3O7S/c1-4-22(5-2)31(28,29)16-11-9-15(10-12-16)21-19(24)13-30-20(25)17-7-6-8-18(14(17)3)23(26)27/h6-12H,4-5,13H2,1-3H3,(H,21,24). The van der Waals surface area contributed by atoms with Gasteiger partial charge in [0.15, 0.2) is 6.61 Å². The third-order valence-electron chi connectivity index (χ3n) is 4.54. The number of hydrogen-bond donors (Lipinski definition) is 1. The van der Waals surface area contributed by atoms with Gasteiger partial charge in [0, 0.05) is 30.4 Å². The Bertz CT molecular complexity index is 1080. The van der Waals surface area contributed by atoms with Crippen molar-refractivity contribution in [1.29, 1.82) is 0 Å². The molecule has 2 rings (SSSR count). The van der Waals surface area contributed by atoms with E-state index in [0.717, 1.165) is 0 Å². The number of carbonyl (C=O) groups is 2. The summed E-state index contributed by atoms with van der Waals surface area (Å²) in [6, 6.07) is 9.61. The first-order valence-corrected chi connectivity index (χ1v) is 10.9. The van der Waals surface area contributed by atoms with Crippen LogP contribution >= 0.6 is 0 Å². The Morgan fingerprint density at radius 3 is 2.26 bits per heavy atom. The average molecular weight is 449 g/mol. The van der Waals surface area contributed by atoms with Crippen molar-refractivity contribution in [2.45, 2.75) is 25.7 Å². The maximum absolute atomic E-state index is 12.5. The van der Waals surface area contributed by atoms with Gasteiger partial charge in [-0.2, -0.15) is 4.31 Å². The summed E-state index contributed by atoms with van der Waals surface area (Å²) >= 11 is 0. The second-order valence-corrected chi connectivity index (χ2v) is 8.38. The average Bonchev–Trinajstić information content (AvgIpc) is 2.73. The topological polar surface area (TPSA) is 136 Å². The van der Waals surface area contributed by atoms with E-state index in [-0.39, 0.29) is 21.7 Å². The quantitative estimate of drug-likeness (QED) is 0.353. The third-order valence-corrected chi connectivity index (χ3v) is 6.60. The van der Waals surface area contributed by atoms with Crippen molar-refractivity contribution >= 4 is 33.3 Å². The molecule has 0 aliphatic carbocycles. The monoisotopic (exact) mass is 449 g/mol. The van der Waals surface area contributed by atoms with E-state index in [1.54, 1.807) is 13.8 Å². The zero-order valence-electron chi connectivity index (χ0n) is 17.3. The highest BCUT2D eigenvalue weighted by Crippen LogP contribution is 2.22. The maximum Gasteiger partial charge on any atom is 0.339 e. The molecule has 0 aliphatic heterocycles. The van der Waals surface area contributed by atoms with Gasteiger partial charge in [0.2, 0.25) is 10.0 Å². The molecular weight excluding hydrogens is 426 g/mol. The minimum atomic E-state index is -3.61. The molecule has 2 aromatic rings. The highest BCUT2D eigenvalue weighted by atomic mass is 32.2. The molecule has 31 heavy (non-hydrogen) atoms. The number of rotatable bonds is 9. The molecule has 0 heterocycles. The van der Waals surface area contributed by atoms with Crippen LogP contribution in [0.1, 0.15) is 29.8 Å². The Balaban J connectivity index is 2.00. The van der Waals surface area contributed by atoms with Crippen LogP contribution in [0.5, 0.6) is 0 Å². The van der Waals surface area contributed by atoms with Crippen LogP contribution < -0.4 is 5.32 Å². The summed E-state index contributed by atoms with van der Waals surface area (Å²) < 4.78 is 31.2. The van der Waals surface area contributed by atoms with E-state index in [4.69, 9.17) is 4.74 Å². The van der Waals surface area contributed by atoms with Gasteiger partial charge in [-0.05, 0) is 37.3 Å². The Kier molecular flexibility index (Phi) is 7.83. The van der Waals surface area contributed by atoms with Crippen molar-refractivity contribution in [2.75, 3.05) is 25.0 Å². The van der Waals surface area contributed by atoms with Crippen LogP contribution in [0.2, 0.25) is 0 Å². The molecule has 0 atom stereocenters. The number of anilines is 1. The lowest BCUT2D eigenvalue weighted by Gasteiger charge is -2.18. The van der Waals surface area contributed by atoms with Gasteiger partial charge < -0.3 is 10.1 Å². The predicted molar refractivity (Wildman–Crippen MR) is 113 cm³/mol. The first-order valence-electron chi connectivity index (χ1n) is 9.43. The molecule has 0 bridgehead atoms. The third kappa shape index (κ3) is 5.64. The number of nitrogens with zero attached hydrogens (tertiary/aromatic N) is 2. The minimum absolute atomic E-state index is 0.00652. The number of amides is 1. The molecular formula is C20H23N3O7S. The Morgan fingerprint density at radius 2 is 1.71 bits per heavy atom. The minimum Gasteiger partial charge on any atom is -0.452 e. The van der Waals surface area contributed by atoms with Crippen molar-refractivity contribution in [2.24, 2.45) is 0 Å². The van der Waals surface area contributed by atoms with Crippen LogP contribution in [0.3, 0.4) is 0 Å².